The summed E-state index contributed by atoms with van der Waals surface area (Å²) in [4.78, 5) is 9.87. The Morgan fingerprint density at radius 3 is 2.62 bits per heavy atom. The molecule has 1 N–H and O–H groups in total. The highest BCUT2D eigenvalue weighted by Gasteiger charge is 2.16. The Kier molecular flexibility index (Phi) is 2.46. The second-order valence-corrected chi connectivity index (χ2v) is 2.62. The molecule has 0 radical (unpaired) electrons. The Morgan fingerprint density at radius 2 is 2.15 bits per heavy atom. The van der Waals surface area contributed by atoms with E-state index in [1.165, 1.54) is 6.07 Å². The SMILES string of the molecule is CNc1c(C)cc(F)cc1[N+](=O)[O-]. The Balaban J connectivity index is 3.38. The lowest BCUT2D eigenvalue weighted by Crippen LogP contribution is -1.99. The molecule has 0 saturated carbocycles. The second kappa shape index (κ2) is 3.38. The van der Waals surface area contributed by atoms with Crippen LogP contribution < -0.4 is 5.32 Å². The highest BCUT2D eigenvalue weighted by Crippen LogP contribution is 2.28. The van der Waals surface area contributed by atoms with Crippen molar-refractivity contribution in [1.82, 2.24) is 0 Å². The van der Waals surface area contributed by atoms with E-state index in [-0.39, 0.29) is 5.69 Å². The van der Waals surface area contributed by atoms with Crippen molar-refractivity contribution in [2.45, 2.75) is 6.92 Å². The van der Waals surface area contributed by atoms with Crippen LogP contribution in [0.15, 0.2) is 12.1 Å². The third kappa shape index (κ3) is 1.74. The predicted molar refractivity (Wildman–Crippen MR) is 47.3 cm³/mol. The third-order valence-electron chi connectivity index (χ3n) is 1.73. The zero-order chi connectivity index (χ0) is 10.0. The molecular formula is C8H9FN2O2. The average molecular weight is 184 g/mol. The fraction of sp³-hybridized carbons (Fsp3) is 0.250. The molecule has 5 heteroatoms. The number of anilines is 1. The summed E-state index contributed by atoms with van der Waals surface area (Å²) in [6.45, 7) is 1.61. The maximum absolute atomic E-state index is 12.8. The summed E-state index contributed by atoms with van der Waals surface area (Å²) in [6.07, 6.45) is 0. The van der Waals surface area contributed by atoms with Crippen LogP contribution in [0, 0.1) is 22.9 Å². The first-order valence-corrected chi connectivity index (χ1v) is 3.68. The van der Waals surface area contributed by atoms with Gasteiger partial charge >= 0.3 is 0 Å². The number of hydrogen-bond acceptors (Lipinski definition) is 3. The smallest absolute Gasteiger partial charge is 0.295 e. The number of nitrogens with zero attached hydrogens (tertiary/aromatic N) is 1. The van der Waals surface area contributed by atoms with Gasteiger partial charge in [-0.1, -0.05) is 0 Å². The maximum atomic E-state index is 12.8. The first-order valence-electron chi connectivity index (χ1n) is 3.68. The fourth-order valence-electron chi connectivity index (χ4n) is 1.19. The number of nitro benzene ring substituents is 1. The van der Waals surface area contributed by atoms with E-state index < -0.39 is 10.7 Å². The minimum absolute atomic E-state index is 0.236. The minimum atomic E-state index is -0.609. The normalized spacial score (nSPS) is 9.77. The van der Waals surface area contributed by atoms with Gasteiger partial charge in [0.25, 0.3) is 5.69 Å². The van der Waals surface area contributed by atoms with Crippen LogP contribution in [0.25, 0.3) is 0 Å². The molecule has 0 amide bonds. The van der Waals surface area contributed by atoms with Gasteiger partial charge < -0.3 is 5.32 Å². The number of aryl methyl sites for hydroxylation is 1. The molecule has 1 rings (SSSR count). The Morgan fingerprint density at radius 1 is 1.54 bits per heavy atom. The van der Waals surface area contributed by atoms with Crippen LogP contribution in [0.5, 0.6) is 0 Å². The number of rotatable bonds is 2. The number of halogens is 1. The molecule has 0 heterocycles. The molecule has 70 valence electrons. The summed E-state index contributed by atoms with van der Waals surface area (Å²) in [5.41, 5.74) is 0.639. The lowest BCUT2D eigenvalue weighted by molar-refractivity contribution is -0.384. The molecule has 0 aliphatic rings. The molecule has 1 aromatic rings. The van der Waals surface area contributed by atoms with E-state index in [4.69, 9.17) is 0 Å². The van der Waals surface area contributed by atoms with Crippen molar-refractivity contribution in [2.24, 2.45) is 0 Å². The van der Waals surface area contributed by atoms with E-state index in [0.717, 1.165) is 6.07 Å². The zero-order valence-electron chi connectivity index (χ0n) is 7.30. The summed E-state index contributed by atoms with van der Waals surface area (Å²) >= 11 is 0. The largest absolute Gasteiger partial charge is 0.382 e. The number of nitrogens with one attached hydrogen (secondary N) is 1. The first kappa shape index (κ1) is 9.44. The van der Waals surface area contributed by atoms with Gasteiger partial charge in [0.05, 0.1) is 11.0 Å². The van der Waals surface area contributed by atoms with Gasteiger partial charge in [0.2, 0.25) is 0 Å². The van der Waals surface area contributed by atoms with Crippen molar-refractivity contribution in [1.29, 1.82) is 0 Å². The van der Waals surface area contributed by atoms with E-state index in [1.54, 1.807) is 14.0 Å². The topological polar surface area (TPSA) is 55.2 Å². The summed E-state index contributed by atoms with van der Waals surface area (Å²) in [6, 6.07) is 2.15. The first-order chi connectivity index (χ1) is 6.06. The summed E-state index contributed by atoms with van der Waals surface area (Å²) in [5.74, 6) is -0.594. The van der Waals surface area contributed by atoms with Crippen LogP contribution in [0.3, 0.4) is 0 Å². The van der Waals surface area contributed by atoms with Crippen molar-refractivity contribution in [2.75, 3.05) is 12.4 Å². The van der Waals surface area contributed by atoms with Crippen LogP contribution in [0.1, 0.15) is 5.56 Å². The Bertz CT molecular complexity index is 352. The van der Waals surface area contributed by atoms with E-state index in [2.05, 4.69) is 5.32 Å². The maximum Gasteiger partial charge on any atom is 0.295 e. The van der Waals surface area contributed by atoms with Crippen LogP contribution in [-0.4, -0.2) is 12.0 Å². The predicted octanol–water partition coefficient (Wildman–Crippen LogP) is 2.08. The van der Waals surface area contributed by atoms with Gasteiger partial charge in [-0.05, 0) is 18.6 Å². The monoisotopic (exact) mass is 184 g/mol. The molecule has 0 aromatic heterocycles. The van der Waals surface area contributed by atoms with Crippen molar-refractivity contribution < 1.29 is 9.31 Å². The van der Waals surface area contributed by atoms with Crippen LogP contribution in [0.2, 0.25) is 0 Å². The van der Waals surface area contributed by atoms with Crippen molar-refractivity contribution in [3.05, 3.63) is 33.6 Å². The van der Waals surface area contributed by atoms with Gasteiger partial charge in [-0.3, -0.25) is 10.1 Å². The molecule has 0 saturated heterocycles. The number of hydrogen-bond donors (Lipinski definition) is 1. The standard InChI is InChI=1S/C8H9FN2O2/c1-5-3-6(9)4-7(11(12)13)8(5)10-2/h3-4,10H,1-2H3. The molecule has 0 unspecified atom stereocenters. The van der Waals surface area contributed by atoms with E-state index in [1.807, 2.05) is 0 Å². The van der Waals surface area contributed by atoms with E-state index in [9.17, 15) is 14.5 Å². The zero-order valence-corrected chi connectivity index (χ0v) is 7.30. The Labute approximate surface area is 74.5 Å². The van der Waals surface area contributed by atoms with Crippen molar-refractivity contribution >= 4 is 11.4 Å². The molecule has 0 bridgehead atoms. The molecule has 0 aliphatic carbocycles. The number of benzene rings is 1. The second-order valence-electron chi connectivity index (χ2n) is 2.62. The van der Waals surface area contributed by atoms with Gasteiger partial charge in [-0.15, -0.1) is 0 Å². The van der Waals surface area contributed by atoms with Crippen molar-refractivity contribution in [3.8, 4) is 0 Å². The summed E-state index contributed by atoms with van der Waals surface area (Å²) < 4.78 is 12.8. The number of nitro groups is 1. The molecule has 0 spiro atoms. The molecule has 0 atom stereocenters. The van der Waals surface area contributed by atoms with Crippen LogP contribution in [-0.2, 0) is 0 Å². The van der Waals surface area contributed by atoms with Crippen LogP contribution in [0.4, 0.5) is 15.8 Å². The quantitative estimate of drug-likeness (QED) is 0.565. The lowest BCUT2D eigenvalue weighted by atomic mass is 10.1. The highest BCUT2D eigenvalue weighted by atomic mass is 19.1. The van der Waals surface area contributed by atoms with E-state index in [0.29, 0.717) is 11.3 Å². The van der Waals surface area contributed by atoms with Gasteiger partial charge in [0, 0.05) is 7.05 Å². The highest BCUT2D eigenvalue weighted by molar-refractivity contribution is 5.65. The van der Waals surface area contributed by atoms with Gasteiger partial charge in [0.1, 0.15) is 11.5 Å². The van der Waals surface area contributed by atoms with Gasteiger partial charge in [0.15, 0.2) is 0 Å². The van der Waals surface area contributed by atoms with Gasteiger partial charge in [-0.25, -0.2) is 4.39 Å². The molecule has 0 fully saturated rings. The Hall–Kier alpha value is -1.65. The van der Waals surface area contributed by atoms with Crippen LogP contribution >= 0.6 is 0 Å². The molecule has 1 aromatic carbocycles. The molecule has 0 aliphatic heterocycles. The average Bonchev–Trinajstić information content (AvgIpc) is 2.02. The molecule has 4 nitrogen and oxygen atoms in total. The van der Waals surface area contributed by atoms with E-state index >= 15 is 0 Å². The molecule has 13 heavy (non-hydrogen) atoms. The summed E-state index contributed by atoms with van der Waals surface area (Å²) in [7, 11) is 1.56. The third-order valence-corrected chi connectivity index (χ3v) is 1.73. The minimum Gasteiger partial charge on any atom is -0.382 e. The van der Waals surface area contributed by atoms with Gasteiger partial charge in [-0.2, -0.15) is 0 Å². The van der Waals surface area contributed by atoms with Crippen molar-refractivity contribution in [3.63, 3.8) is 0 Å². The fourth-order valence-corrected chi connectivity index (χ4v) is 1.19. The molecular weight excluding hydrogens is 175 g/mol. The summed E-state index contributed by atoms with van der Waals surface area (Å²) in [5, 5.41) is 13.1. The lowest BCUT2D eigenvalue weighted by Gasteiger charge is -2.05.